The Hall–Kier alpha value is -4.47. The Morgan fingerprint density at radius 3 is 2.47 bits per heavy atom. The summed E-state index contributed by atoms with van der Waals surface area (Å²) in [5.41, 5.74) is 0.984. The molecule has 0 spiro atoms. The second-order valence-corrected chi connectivity index (χ2v) is 8.85. The van der Waals surface area contributed by atoms with Crippen LogP contribution in [0.25, 0.3) is 17.1 Å². The summed E-state index contributed by atoms with van der Waals surface area (Å²) in [4.78, 5) is 33.2. The minimum absolute atomic E-state index is 0.0754. The van der Waals surface area contributed by atoms with E-state index in [-0.39, 0.29) is 23.2 Å². The molecule has 7 nitrogen and oxygen atoms in total. The maximum Gasteiger partial charge on any atom is 0.417 e. The van der Waals surface area contributed by atoms with Crippen LogP contribution in [0.4, 0.5) is 13.2 Å². The van der Waals surface area contributed by atoms with Gasteiger partial charge in [0.1, 0.15) is 5.82 Å². The Morgan fingerprint density at radius 1 is 1.05 bits per heavy atom. The predicted octanol–water partition coefficient (Wildman–Crippen LogP) is 5.47. The minimum atomic E-state index is -4.62. The Kier molecular flexibility index (Phi) is 7.90. The summed E-state index contributed by atoms with van der Waals surface area (Å²) in [6.07, 6.45) is 0.435. The number of rotatable bonds is 9. The van der Waals surface area contributed by atoms with Crippen molar-refractivity contribution in [2.24, 2.45) is 0 Å². The van der Waals surface area contributed by atoms with E-state index in [1.54, 1.807) is 24.4 Å². The third kappa shape index (κ3) is 6.44. The predicted molar refractivity (Wildman–Crippen MR) is 135 cm³/mol. The number of amides is 1. The lowest BCUT2D eigenvalue weighted by Crippen LogP contribution is -2.36. The van der Waals surface area contributed by atoms with E-state index in [1.807, 2.05) is 19.1 Å². The van der Waals surface area contributed by atoms with Gasteiger partial charge in [0.15, 0.2) is 0 Å². The number of aliphatic carboxylic acids is 1. The number of hydrogen-bond acceptors (Lipinski definition) is 4. The van der Waals surface area contributed by atoms with Gasteiger partial charge in [0.05, 0.1) is 23.2 Å². The number of carboxylic acids is 1. The SMILES string of the molecule is Cc1ccc(CC[C@@H](CC(=O)O)NC(=O)c2cc(-c3ccccc3C(F)(F)F)n(-c3ccccn3)c2)nc1. The van der Waals surface area contributed by atoms with E-state index in [0.717, 1.165) is 17.3 Å². The highest BCUT2D eigenvalue weighted by Gasteiger charge is 2.34. The Balaban J connectivity index is 1.66. The average molecular weight is 523 g/mol. The number of nitrogens with zero attached hydrogens (tertiary/aromatic N) is 3. The molecule has 0 unspecified atom stereocenters. The summed E-state index contributed by atoms with van der Waals surface area (Å²) in [7, 11) is 0. The standard InChI is InChI=1S/C28H25F3N4O3/c1-18-9-10-20(33-16-18)11-12-21(15-26(36)37)34-27(38)19-14-24(35(17-19)25-8-4-5-13-32-25)22-6-2-3-7-23(22)28(29,30)31/h2-10,13-14,16-17,21H,11-12,15H2,1H3,(H,34,38)(H,36,37)/t21-/m0/s1. The molecule has 2 N–H and O–H groups in total. The second kappa shape index (κ2) is 11.3. The van der Waals surface area contributed by atoms with Gasteiger partial charge in [0, 0.05) is 35.9 Å². The van der Waals surface area contributed by atoms with Crippen molar-refractivity contribution >= 4 is 11.9 Å². The van der Waals surface area contributed by atoms with Gasteiger partial charge in [-0.3, -0.25) is 14.6 Å². The molecule has 0 saturated carbocycles. The number of alkyl halides is 3. The summed E-state index contributed by atoms with van der Waals surface area (Å²) in [5, 5.41) is 12.1. The first-order chi connectivity index (χ1) is 18.1. The third-order valence-corrected chi connectivity index (χ3v) is 5.96. The van der Waals surface area contributed by atoms with Gasteiger partial charge in [0.2, 0.25) is 0 Å². The number of nitrogens with one attached hydrogen (secondary N) is 1. The molecule has 0 aliphatic heterocycles. The molecule has 0 bridgehead atoms. The lowest BCUT2D eigenvalue weighted by molar-refractivity contribution is -0.138. The molecule has 3 heterocycles. The van der Waals surface area contributed by atoms with E-state index in [9.17, 15) is 27.9 Å². The smallest absolute Gasteiger partial charge is 0.417 e. The van der Waals surface area contributed by atoms with Crippen LogP contribution in [0.5, 0.6) is 0 Å². The van der Waals surface area contributed by atoms with Crippen molar-refractivity contribution in [2.45, 2.75) is 38.4 Å². The quantitative estimate of drug-likeness (QED) is 0.304. The first kappa shape index (κ1) is 26.6. The normalized spacial score (nSPS) is 12.2. The topological polar surface area (TPSA) is 97.1 Å². The second-order valence-electron chi connectivity index (χ2n) is 8.85. The number of benzene rings is 1. The van der Waals surface area contributed by atoms with Gasteiger partial charge in [-0.1, -0.05) is 30.3 Å². The van der Waals surface area contributed by atoms with Crippen LogP contribution in [-0.2, 0) is 17.4 Å². The van der Waals surface area contributed by atoms with Crippen LogP contribution >= 0.6 is 0 Å². The van der Waals surface area contributed by atoms with Gasteiger partial charge in [-0.05, 0) is 55.7 Å². The number of halogens is 3. The first-order valence-electron chi connectivity index (χ1n) is 11.9. The lowest BCUT2D eigenvalue weighted by Gasteiger charge is -2.16. The van der Waals surface area contributed by atoms with E-state index in [0.29, 0.717) is 18.7 Å². The van der Waals surface area contributed by atoms with Gasteiger partial charge >= 0.3 is 12.1 Å². The molecular formula is C28H25F3N4O3. The molecule has 196 valence electrons. The van der Waals surface area contributed by atoms with Crippen LogP contribution in [0.1, 0.15) is 40.0 Å². The average Bonchev–Trinajstić information content (AvgIpc) is 3.34. The maximum absolute atomic E-state index is 13.8. The molecule has 1 aromatic carbocycles. The van der Waals surface area contributed by atoms with Crippen LogP contribution in [0.3, 0.4) is 0 Å². The fourth-order valence-corrected chi connectivity index (χ4v) is 4.11. The Labute approximate surface area is 217 Å². The zero-order valence-corrected chi connectivity index (χ0v) is 20.4. The number of carbonyl (C=O) groups excluding carboxylic acids is 1. The van der Waals surface area contributed by atoms with Crippen molar-refractivity contribution < 1.29 is 27.9 Å². The molecule has 0 saturated heterocycles. The third-order valence-electron chi connectivity index (χ3n) is 5.96. The molecule has 10 heteroatoms. The highest BCUT2D eigenvalue weighted by molar-refractivity contribution is 5.96. The number of aromatic nitrogens is 3. The number of carboxylic acid groups (broad SMARTS) is 1. The molecular weight excluding hydrogens is 497 g/mol. The molecule has 1 atom stereocenters. The summed E-state index contributed by atoms with van der Waals surface area (Å²) in [6.45, 7) is 1.91. The summed E-state index contributed by atoms with van der Waals surface area (Å²) in [6, 6.07) is 14.4. The largest absolute Gasteiger partial charge is 0.481 e. The van der Waals surface area contributed by atoms with E-state index < -0.39 is 29.7 Å². The van der Waals surface area contributed by atoms with E-state index in [2.05, 4.69) is 15.3 Å². The highest BCUT2D eigenvalue weighted by Crippen LogP contribution is 2.38. The van der Waals surface area contributed by atoms with Crippen molar-refractivity contribution in [3.63, 3.8) is 0 Å². The zero-order valence-electron chi connectivity index (χ0n) is 20.4. The molecule has 0 aliphatic rings. The first-order valence-corrected chi connectivity index (χ1v) is 11.9. The van der Waals surface area contributed by atoms with Gasteiger partial charge in [-0.15, -0.1) is 0 Å². The molecule has 3 aromatic heterocycles. The summed E-state index contributed by atoms with van der Waals surface area (Å²) >= 11 is 0. The van der Waals surface area contributed by atoms with Crippen LogP contribution < -0.4 is 5.32 Å². The molecule has 1 amide bonds. The summed E-state index contributed by atoms with van der Waals surface area (Å²) < 4.78 is 42.8. The maximum atomic E-state index is 13.8. The molecule has 4 rings (SSSR count). The summed E-state index contributed by atoms with van der Waals surface area (Å²) in [5.74, 6) is -1.36. The van der Waals surface area contributed by atoms with Crippen LogP contribution in [-0.4, -0.2) is 37.6 Å². The van der Waals surface area contributed by atoms with E-state index >= 15 is 0 Å². The highest BCUT2D eigenvalue weighted by atomic mass is 19.4. The van der Waals surface area contributed by atoms with Gasteiger partial charge < -0.3 is 15.0 Å². The minimum Gasteiger partial charge on any atom is -0.481 e. The van der Waals surface area contributed by atoms with Crippen LogP contribution in [0.15, 0.2) is 79.3 Å². The van der Waals surface area contributed by atoms with Crippen molar-refractivity contribution in [3.05, 3.63) is 102 Å². The lowest BCUT2D eigenvalue weighted by atomic mass is 10.0. The van der Waals surface area contributed by atoms with Crippen molar-refractivity contribution in [1.29, 1.82) is 0 Å². The fourth-order valence-electron chi connectivity index (χ4n) is 4.11. The molecule has 0 fully saturated rings. The Morgan fingerprint density at radius 2 is 1.82 bits per heavy atom. The molecule has 0 radical (unpaired) electrons. The number of carbonyl (C=O) groups is 2. The van der Waals surface area contributed by atoms with Crippen molar-refractivity contribution in [2.75, 3.05) is 0 Å². The van der Waals surface area contributed by atoms with Gasteiger partial charge in [-0.25, -0.2) is 4.98 Å². The van der Waals surface area contributed by atoms with Gasteiger partial charge in [-0.2, -0.15) is 13.2 Å². The van der Waals surface area contributed by atoms with Crippen LogP contribution in [0.2, 0.25) is 0 Å². The molecule has 4 aromatic rings. The molecule has 38 heavy (non-hydrogen) atoms. The van der Waals surface area contributed by atoms with E-state index in [4.69, 9.17) is 0 Å². The van der Waals surface area contributed by atoms with E-state index in [1.165, 1.54) is 41.2 Å². The van der Waals surface area contributed by atoms with Crippen molar-refractivity contribution in [3.8, 4) is 17.1 Å². The number of hydrogen-bond donors (Lipinski definition) is 2. The monoisotopic (exact) mass is 522 g/mol. The zero-order chi connectivity index (χ0) is 27.3. The molecule has 0 aliphatic carbocycles. The number of aryl methyl sites for hydroxylation is 2. The van der Waals surface area contributed by atoms with Crippen LogP contribution in [0, 0.1) is 6.92 Å². The fraction of sp³-hybridized carbons (Fsp3) is 0.214. The number of pyridine rings is 2. The van der Waals surface area contributed by atoms with Crippen molar-refractivity contribution in [1.82, 2.24) is 19.9 Å². The van der Waals surface area contributed by atoms with Gasteiger partial charge in [0.25, 0.3) is 5.91 Å². The Bertz CT molecular complexity index is 1420.